The van der Waals surface area contributed by atoms with Gasteiger partial charge in [-0.15, -0.1) is 28.8 Å². The fourth-order valence-electron chi connectivity index (χ4n) is 8.30. The Morgan fingerprint density at radius 3 is 1.41 bits per heavy atom. The van der Waals surface area contributed by atoms with Crippen LogP contribution in [0.25, 0.3) is 33.4 Å². The van der Waals surface area contributed by atoms with E-state index in [1.807, 2.05) is 78.9 Å². The van der Waals surface area contributed by atoms with Gasteiger partial charge in [0.05, 0.1) is 16.1 Å². The summed E-state index contributed by atoms with van der Waals surface area (Å²) in [5.74, 6) is 0. The van der Waals surface area contributed by atoms with Gasteiger partial charge in [-0.05, 0) is 39.5 Å². The second kappa shape index (κ2) is 21.8. The third kappa shape index (κ3) is 12.9. The predicted octanol–water partition coefficient (Wildman–Crippen LogP) is 9.60. The normalized spacial score (nSPS) is 12.0. The zero-order valence-electron chi connectivity index (χ0n) is 39.6. The van der Waals surface area contributed by atoms with E-state index in [-0.39, 0.29) is 35.6 Å². The van der Waals surface area contributed by atoms with Crippen LogP contribution in [0, 0.1) is 6.07 Å². The Bertz CT molecular complexity index is 2470. The first-order valence-electron chi connectivity index (χ1n) is 21.8. The van der Waals surface area contributed by atoms with Gasteiger partial charge in [-0.3, -0.25) is 0 Å². The van der Waals surface area contributed by atoms with Gasteiger partial charge in [-0.2, -0.15) is 18.2 Å². The van der Waals surface area contributed by atoms with Crippen molar-refractivity contribution in [1.82, 2.24) is 0 Å². The Hall–Kier alpha value is -2.98. The molecule has 64 heavy (non-hydrogen) atoms. The molecular formula is C57H62Cl4Si2Zr-2. The summed E-state index contributed by atoms with van der Waals surface area (Å²) >= 11 is 13.1. The summed E-state index contributed by atoms with van der Waals surface area (Å²) in [6.07, 6.45) is 0.948. The molecule has 0 unspecified atom stereocenters. The average molecular weight is 1040 g/mol. The van der Waals surface area contributed by atoms with Crippen LogP contribution in [-0.4, -0.2) is 19.4 Å². The smallest absolute Gasteiger partial charge is 0.172 e. The molecule has 1 aliphatic carbocycles. The first-order chi connectivity index (χ1) is 29.0. The van der Waals surface area contributed by atoms with Crippen LogP contribution in [-0.2, 0) is 41.5 Å². The van der Waals surface area contributed by atoms with Crippen LogP contribution in [0.1, 0.15) is 74.9 Å². The van der Waals surface area contributed by atoms with E-state index in [2.05, 4.69) is 154 Å². The van der Waals surface area contributed by atoms with E-state index < -0.39 is 16.1 Å². The van der Waals surface area contributed by atoms with E-state index in [0.717, 1.165) is 16.5 Å². The summed E-state index contributed by atoms with van der Waals surface area (Å²) in [7, 11) is -3.07. The van der Waals surface area contributed by atoms with E-state index in [0.29, 0.717) is 0 Å². The van der Waals surface area contributed by atoms with Crippen molar-refractivity contribution in [2.45, 2.75) is 98.1 Å². The van der Waals surface area contributed by atoms with Crippen LogP contribution in [0.5, 0.6) is 0 Å². The molecule has 0 aromatic heterocycles. The molecule has 0 atom stereocenters. The van der Waals surface area contributed by atoms with Gasteiger partial charge < -0.3 is 24.8 Å². The summed E-state index contributed by atoms with van der Waals surface area (Å²) < 4.78 is 1.31. The Labute approximate surface area is 424 Å². The molecule has 0 nitrogen and oxygen atoms in total. The zero-order chi connectivity index (χ0) is 45.2. The molecule has 0 bridgehead atoms. The summed E-state index contributed by atoms with van der Waals surface area (Å²) in [6, 6.07) is 55.8. The summed E-state index contributed by atoms with van der Waals surface area (Å²) in [5, 5.41) is 4.61. The van der Waals surface area contributed by atoms with E-state index in [9.17, 15) is 0 Å². The number of benzene rings is 6. The van der Waals surface area contributed by atoms with E-state index >= 15 is 0 Å². The second-order valence-electron chi connectivity index (χ2n) is 20.6. The summed E-state index contributed by atoms with van der Waals surface area (Å²) in [6.45, 7) is 29.0. The topological polar surface area (TPSA) is 0 Å². The average Bonchev–Trinajstić information content (AvgIpc) is 3.91. The van der Waals surface area contributed by atoms with E-state index in [1.54, 1.807) is 5.19 Å². The maximum Gasteiger partial charge on any atom is -0.172 e. The third-order valence-electron chi connectivity index (χ3n) is 11.5. The van der Waals surface area contributed by atoms with Crippen molar-refractivity contribution >= 4 is 52.9 Å². The van der Waals surface area contributed by atoms with Gasteiger partial charge in [0.2, 0.25) is 0 Å². The Balaban J connectivity index is 0.000000321. The van der Waals surface area contributed by atoms with E-state index in [1.165, 1.54) is 99.4 Å². The number of hydrogen-bond donors (Lipinski definition) is 0. The largest absolute Gasteiger partial charge is 1.00 e. The van der Waals surface area contributed by atoms with Crippen molar-refractivity contribution in [2.75, 3.05) is 0 Å². The molecule has 8 rings (SSSR count). The molecule has 1 aliphatic rings. The van der Waals surface area contributed by atoms with Crippen molar-refractivity contribution in [2.24, 2.45) is 0 Å². The van der Waals surface area contributed by atoms with Gasteiger partial charge in [0.25, 0.3) is 0 Å². The molecule has 0 fully saturated rings. The maximum absolute atomic E-state index is 5.86. The Kier molecular flexibility index (Phi) is 18.2. The van der Waals surface area contributed by atoms with Crippen molar-refractivity contribution < 1.29 is 49.0 Å². The van der Waals surface area contributed by atoms with Crippen molar-refractivity contribution in [3.63, 3.8) is 0 Å². The Morgan fingerprint density at radius 1 is 0.531 bits per heavy atom. The second-order valence-corrected chi connectivity index (χ2v) is 32.8. The van der Waals surface area contributed by atoms with Crippen molar-refractivity contribution in [3.8, 4) is 33.4 Å². The van der Waals surface area contributed by atoms with Gasteiger partial charge in [0, 0.05) is 0 Å². The van der Waals surface area contributed by atoms with Crippen LogP contribution in [0.4, 0.5) is 0 Å². The predicted molar refractivity (Wildman–Crippen MR) is 276 cm³/mol. The molecule has 0 saturated heterocycles. The maximum atomic E-state index is 5.86. The molecule has 7 aromatic rings. The standard InChI is InChI=1S/C39H49Si2.C13H8Cl2.C5H5.2ClH.Zr/c1-38(2,3)34-24-30-26(22-32(34)28-17-13-15-19-36(28)40(7,8)9)21-27-23-33(35(25-31(27)30)39(4,5)6)29-18-14-16-20-37(29)41(10,11)12;14-12-5-1-10(2-6-12)9-11-3-7-13(15)8-4-11;1-2-4-5-3-1;;;/h13-20,22,24-25H,21H2,1-12H3;1-8H;1-5H;2*1H;/q-1;;-1;;;+2/p-2. The molecule has 0 saturated carbocycles. The minimum atomic E-state index is -1.54. The van der Waals surface area contributed by atoms with E-state index in [4.69, 9.17) is 23.2 Å². The minimum absolute atomic E-state index is 0. The van der Waals surface area contributed by atoms with Crippen molar-refractivity contribution in [3.05, 3.63) is 195 Å². The minimum Gasteiger partial charge on any atom is -1.00 e. The first kappa shape index (κ1) is 53.6. The number of hydrogen-bond acceptors (Lipinski definition) is 0. The zero-order valence-corrected chi connectivity index (χ0v) is 47.1. The number of rotatable bonds is 6. The Morgan fingerprint density at radius 2 is 0.969 bits per heavy atom. The molecule has 0 spiro atoms. The van der Waals surface area contributed by atoms with Gasteiger partial charge in [0.15, 0.2) is 0 Å². The summed E-state index contributed by atoms with van der Waals surface area (Å²) in [4.78, 5) is 0. The molecule has 0 heterocycles. The quantitative estimate of drug-likeness (QED) is 0.115. The van der Waals surface area contributed by atoms with Gasteiger partial charge in [-0.1, -0.05) is 169 Å². The molecule has 7 aromatic carbocycles. The van der Waals surface area contributed by atoms with Crippen LogP contribution >= 0.6 is 23.2 Å². The van der Waals surface area contributed by atoms with Gasteiger partial charge >= 0.3 is 120 Å². The summed E-state index contributed by atoms with van der Waals surface area (Å²) in [5.41, 5.74) is 16.4. The molecule has 0 aliphatic heterocycles. The molecule has 0 radical (unpaired) electrons. The van der Waals surface area contributed by atoms with Crippen LogP contribution in [0.15, 0.2) is 146 Å². The number of fused-ring (bicyclic) bond motifs is 3. The van der Waals surface area contributed by atoms with Gasteiger partial charge in [0.1, 0.15) is 0 Å². The fourth-order valence-corrected chi connectivity index (χ4v) is 12.6. The monoisotopic (exact) mass is 1030 g/mol. The molecular weight excluding hydrogens is 974 g/mol. The first-order valence-corrected chi connectivity index (χ1v) is 30.8. The SMILES string of the molecule is CC(C)(C)c1cc2c([c-]c1-c1ccccc1[Si](C)(C)C)Cc1cc(-c3ccccc3[Si](C)(C)C)c(C(C)(C)C)cc1-2.Clc1ccc([C](=[Zr+2])c2ccc(Cl)cc2)cc1.[Cl-].[Cl-].c1cc[cH-]c1. The molecule has 7 heteroatoms. The van der Waals surface area contributed by atoms with Crippen LogP contribution in [0.3, 0.4) is 0 Å². The van der Waals surface area contributed by atoms with Crippen LogP contribution < -0.4 is 35.2 Å². The number of halogens is 4. The molecule has 332 valence electrons. The molecule has 0 amide bonds. The van der Waals surface area contributed by atoms with Gasteiger partial charge in [-0.25, -0.2) is 12.1 Å². The van der Waals surface area contributed by atoms with Crippen LogP contribution in [0.2, 0.25) is 49.3 Å². The van der Waals surface area contributed by atoms with Crippen molar-refractivity contribution in [1.29, 1.82) is 0 Å². The fraction of sp³-hybridized carbons (Fsp3) is 0.263. The third-order valence-corrected chi connectivity index (χ3v) is 17.6. The molecule has 0 N–H and O–H groups in total.